The lowest BCUT2D eigenvalue weighted by atomic mass is 9.93. The van der Waals surface area contributed by atoms with Gasteiger partial charge in [0.25, 0.3) is 0 Å². The molecule has 1 N–H and O–H groups in total. The van der Waals surface area contributed by atoms with Crippen molar-refractivity contribution in [3.63, 3.8) is 0 Å². The molecule has 0 saturated heterocycles. The summed E-state index contributed by atoms with van der Waals surface area (Å²) in [7, 11) is 0. The average molecular weight is 278 g/mol. The van der Waals surface area contributed by atoms with Crippen molar-refractivity contribution in [3.05, 3.63) is 0 Å². The van der Waals surface area contributed by atoms with Gasteiger partial charge in [-0.25, -0.2) is 0 Å². The molecule has 0 aromatic carbocycles. The summed E-state index contributed by atoms with van der Waals surface area (Å²) in [6.45, 7) is 11.2. The normalized spacial score (nSPS) is 12.0. The lowest BCUT2D eigenvalue weighted by Gasteiger charge is -2.17. The molecule has 0 aliphatic carbocycles. The predicted molar refractivity (Wildman–Crippen MR) is 74.4 cm³/mol. The zero-order valence-corrected chi connectivity index (χ0v) is 12.7. The molecule has 0 aromatic rings. The number of aliphatic hydroxyl groups excluding tert-OH is 1. The molecule has 19 heavy (non-hydrogen) atoms. The molecule has 116 valence electrons. The highest BCUT2D eigenvalue weighted by Crippen LogP contribution is 2.17. The van der Waals surface area contributed by atoms with Crippen LogP contribution in [0.25, 0.3) is 0 Å². The Morgan fingerprint density at radius 3 is 1.37 bits per heavy atom. The molecule has 0 unspecified atom stereocenters. The Labute approximate surface area is 117 Å². The molecule has 0 amide bonds. The molecule has 0 aromatic heterocycles. The van der Waals surface area contributed by atoms with Gasteiger partial charge in [-0.2, -0.15) is 0 Å². The van der Waals surface area contributed by atoms with Crippen LogP contribution in [0.4, 0.5) is 0 Å². The van der Waals surface area contributed by atoms with E-state index in [4.69, 9.17) is 24.1 Å². The van der Waals surface area contributed by atoms with E-state index in [-0.39, 0.29) is 6.61 Å². The quantitative estimate of drug-likeness (QED) is 0.517. The van der Waals surface area contributed by atoms with E-state index in [0.29, 0.717) is 51.7 Å². The van der Waals surface area contributed by atoms with Gasteiger partial charge in [0, 0.05) is 6.61 Å². The lowest BCUT2D eigenvalue weighted by Crippen LogP contribution is -2.14. The molecule has 0 heterocycles. The minimum absolute atomic E-state index is 0.0539. The highest BCUT2D eigenvalue weighted by molar-refractivity contribution is 4.59. The molecule has 0 aliphatic heterocycles. The summed E-state index contributed by atoms with van der Waals surface area (Å²) in [6.07, 6.45) is 1.06. The number of hydrogen-bond acceptors (Lipinski definition) is 5. The molecular weight excluding hydrogens is 248 g/mol. The predicted octanol–water partition coefficient (Wildman–Crippen LogP) is 1.48. The van der Waals surface area contributed by atoms with E-state index in [1.54, 1.807) is 0 Å². The maximum Gasteiger partial charge on any atom is 0.0701 e. The molecule has 0 radical (unpaired) electrons. The Morgan fingerprint density at radius 2 is 1.00 bits per heavy atom. The highest BCUT2D eigenvalue weighted by Gasteiger charge is 2.08. The maximum atomic E-state index is 8.47. The largest absolute Gasteiger partial charge is 0.394 e. The van der Waals surface area contributed by atoms with Gasteiger partial charge in [-0.05, 0) is 11.8 Å². The van der Waals surface area contributed by atoms with E-state index in [2.05, 4.69) is 20.8 Å². The second-order valence-electron chi connectivity index (χ2n) is 5.48. The molecule has 0 atom stereocenters. The highest BCUT2D eigenvalue weighted by atomic mass is 16.6. The van der Waals surface area contributed by atoms with Crippen LogP contribution in [-0.2, 0) is 18.9 Å². The lowest BCUT2D eigenvalue weighted by molar-refractivity contribution is -0.00734. The van der Waals surface area contributed by atoms with Gasteiger partial charge < -0.3 is 24.1 Å². The van der Waals surface area contributed by atoms with Gasteiger partial charge in [0.2, 0.25) is 0 Å². The zero-order valence-electron chi connectivity index (χ0n) is 12.7. The van der Waals surface area contributed by atoms with Crippen molar-refractivity contribution in [2.75, 3.05) is 59.5 Å². The topological polar surface area (TPSA) is 57.2 Å². The van der Waals surface area contributed by atoms with E-state index in [0.717, 1.165) is 13.0 Å². The second-order valence-corrected chi connectivity index (χ2v) is 5.48. The first kappa shape index (κ1) is 18.8. The van der Waals surface area contributed by atoms with Crippen molar-refractivity contribution in [1.29, 1.82) is 0 Å². The SMILES string of the molecule is CC(C)(C)CCOCCOCCOCCOCCO. The molecule has 0 fully saturated rings. The van der Waals surface area contributed by atoms with Gasteiger partial charge in [-0.15, -0.1) is 0 Å². The summed E-state index contributed by atoms with van der Waals surface area (Å²) >= 11 is 0. The molecule has 0 aliphatic rings. The summed E-state index contributed by atoms with van der Waals surface area (Å²) in [5.74, 6) is 0. The van der Waals surface area contributed by atoms with E-state index in [1.165, 1.54) is 0 Å². The Hall–Kier alpha value is -0.200. The first-order valence-electron chi connectivity index (χ1n) is 6.98. The average Bonchev–Trinajstić information content (AvgIpc) is 2.34. The van der Waals surface area contributed by atoms with Crippen molar-refractivity contribution in [2.24, 2.45) is 5.41 Å². The summed E-state index contributed by atoms with van der Waals surface area (Å²) in [5.41, 5.74) is 0.326. The van der Waals surface area contributed by atoms with Crippen LogP contribution >= 0.6 is 0 Å². The van der Waals surface area contributed by atoms with E-state index < -0.39 is 0 Å². The van der Waals surface area contributed by atoms with Crippen molar-refractivity contribution in [2.45, 2.75) is 27.2 Å². The molecule has 5 heteroatoms. The van der Waals surface area contributed by atoms with Gasteiger partial charge in [0.15, 0.2) is 0 Å². The number of ether oxygens (including phenoxy) is 4. The number of hydrogen-bond donors (Lipinski definition) is 1. The van der Waals surface area contributed by atoms with Gasteiger partial charge in [0.1, 0.15) is 0 Å². The Bertz CT molecular complexity index is 179. The van der Waals surface area contributed by atoms with Crippen molar-refractivity contribution in [1.82, 2.24) is 0 Å². The van der Waals surface area contributed by atoms with Crippen molar-refractivity contribution < 1.29 is 24.1 Å². The Balaban J connectivity index is 2.99. The molecular formula is C14H30O5. The smallest absolute Gasteiger partial charge is 0.0701 e. The van der Waals surface area contributed by atoms with Gasteiger partial charge in [-0.1, -0.05) is 20.8 Å². The zero-order chi connectivity index (χ0) is 14.4. The van der Waals surface area contributed by atoms with Gasteiger partial charge in [0.05, 0.1) is 52.9 Å². The maximum absolute atomic E-state index is 8.47. The van der Waals surface area contributed by atoms with Crippen LogP contribution in [0.5, 0.6) is 0 Å². The van der Waals surface area contributed by atoms with Crippen LogP contribution in [0.3, 0.4) is 0 Å². The summed E-state index contributed by atoms with van der Waals surface area (Å²) in [6, 6.07) is 0. The third-order valence-electron chi connectivity index (χ3n) is 2.35. The van der Waals surface area contributed by atoms with Crippen LogP contribution in [0.2, 0.25) is 0 Å². The van der Waals surface area contributed by atoms with Gasteiger partial charge in [-0.3, -0.25) is 0 Å². The fraction of sp³-hybridized carbons (Fsp3) is 1.00. The Morgan fingerprint density at radius 1 is 0.632 bits per heavy atom. The first-order chi connectivity index (χ1) is 9.06. The molecule has 0 bridgehead atoms. The minimum atomic E-state index is 0.0539. The molecule has 0 spiro atoms. The van der Waals surface area contributed by atoms with Crippen LogP contribution in [0, 0.1) is 5.41 Å². The van der Waals surface area contributed by atoms with E-state index >= 15 is 0 Å². The third kappa shape index (κ3) is 17.8. The third-order valence-corrected chi connectivity index (χ3v) is 2.35. The van der Waals surface area contributed by atoms with E-state index in [9.17, 15) is 0 Å². The second kappa shape index (κ2) is 12.8. The van der Waals surface area contributed by atoms with E-state index in [1.807, 2.05) is 0 Å². The molecule has 0 saturated carbocycles. The summed E-state index contributed by atoms with van der Waals surface area (Å²) in [4.78, 5) is 0. The standard InChI is InChI=1S/C14H30O5/c1-14(2,3)4-6-16-8-10-18-12-13-19-11-9-17-7-5-15/h15H,4-13H2,1-3H3. The summed E-state index contributed by atoms with van der Waals surface area (Å²) < 4.78 is 21.2. The van der Waals surface area contributed by atoms with Crippen LogP contribution < -0.4 is 0 Å². The first-order valence-corrected chi connectivity index (χ1v) is 6.98. The summed E-state index contributed by atoms with van der Waals surface area (Å²) in [5, 5.41) is 8.47. The van der Waals surface area contributed by atoms with Crippen LogP contribution in [0.1, 0.15) is 27.2 Å². The fourth-order valence-corrected chi connectivity index (χ4v) is 1.20. The number of aliphatic hydroxyl groups is 1. The molecule has 0 rings (SSSR count). The van der Waals surface area contributed by atoms with Crippen LogP contribution in [0.15, 0.2) is 0 Å². The fourth-order valence-electron chi connectivity index (χ4n) is 1.20. The molecule has 5 nitrogen and oxygen atoms in total. The minimum Gasteiger partial charge on any atom is -0.394 e. The van der Waals surface area contributed by atoms with Crippen LogP contribution in [-0.4, -0.2) is 64.6 Å². The monoisotopic (exact) mass is 278 g/mol. The van der Waals surface area contributed by atoms with Crippen molar-refractivity contribution >= 4 is 0 Å². The van der Waals surface area contributed by atoms with Crippen molar-refractivity contribution in [3.8, 4) is 0 Å². The Kier molecular flexibility index (Phi) is 12.7. The number of rotatable bonds is 13. The van der Waals surface area contributed by atoms with Gasteiger partial charge >= 0.3 is 0 Å².